The molecule has 0 fully saturated rings. The van der Waals surface area contributed by atoms with Gasteiger partial charge in [-0.2, -0.15) is 5.10 Å². The van der Waals surface area contributed by atoms with E-state index in [0.717, 1.165) is 10.2 Å². The standard InChI is InChI=1S/C12H11N5OS.K/c13-17-11(18)9-6-14-16(10(9)15-12(17)19)7-8-4-2-1-3-5-8;/h1-6H,7,13H2,(H,15,19);/q;+1/p-1. The van der Waals surface area contributed by atoms with E-state index in [9.17, 15) is 4.79 Å². The summed E-state index contributed by atoms with van der Waals surface area (Å²) in [5, 5.41) is 4.59. The third-order valence-corrected chi connectivity index (χ3v) is 3.13. The second-order valence-electron chi connectivity index (χ2n) is 4.09. The predicted molar refractivity (Wildman–Crippen MR) is 73.1 cm³/mol. The van der Waals surface area contributed by atoms with Crippen molar-refractivity contribution < 1.29 is 51.4 Å². The van der Waals surface area contributed by atoms with Crippen molar-refractivity contribution in [2.45, 2.75) is 11.7 Å². The summed E-state index contributed by atoms with van der Waals surface area (Å²) < 4.78 is 2.49. The molecule has 0 saturated heterocycles. The topological polar surface area (TPSA) is 78.7 Å². The van der Waals surface area contributed by atoms with E-state index in [0.29, 0.717) is 17.6 Å². The van der Waals surface area contributed by atoms with Gasteiger partial charge in [0.1, 0.15) is 5.39 Å². The van der Waals surface area contributed by atoms with Crippen LogP contribution in [0.1, 0.15) is 5.56 Å². The molecule has 3 rings (SSSR count). The molecular formula is C12H10KN5OS. The van der Waals surface area contributed by atoms with Crippen LogP contribution in [0.5, 0.6) is 0 Å². The normalized spacial score (nSPS) is 10.4. The molecule has 0 aliphatic heterocycles. The molecule has 20 heavy (non-hydrogen) atoms. The van der Waals surface area contributed by atoms with Gasteiger partial charge in [0.05, 0.1) is 12.7 Å². The summed E-state index contributed by atoms with van der Waals surface area (Å²) in [7, 11) is 0. The largest absolute Gasteiger partial charge is 1.00 e. The molecule has 0 spiro atoms. The van der Waals surface area contributed by atoms with E-state index in [-0.39, 0.29) is 62.1 Å². The van der Waals surface area contributed by atoms with Crippen LogP contribution in [0, 0.1) is 0 Å². The third kappa shape index (κ3) is 2.80. The van der Waals surface area contributed by atoms with Crippen LogP contribution in [0.25, 0.3) is 11.0 Å². The van der Waals surface area contributed by atoms with Gasteiger partial charge in [0.25, 0.3) is 5.56 Å². The van der Waals surface area contributed by atoms with E-state index in [1.54, 1.807) is 4.68 Å². The van der Waals surface area contributed by atoms with Gasteiger partial charge >= 0.3 is 51.4 Å². The third-order valence-electron chi connectivity index (χ3n) is 2.84. The Morgan fingerprint density at radius 3 is 2.65 bits per heavy atom. The summed E-state index contributed by atoms with van der Waals surface area (Å²) >= 11 is 4.94. The van der Waals surface area contributed by atoms with Gasteiger partial charge in [-0.1, -0.05) is 30.3 Å². The first kappa shape index (κ1) is 15.6. The van der Waals surface area contributed by atoms with Gasteiger partial charge < -0.3 is 18.5 Å². The van der Waals surface area contributed by atoms with Crippen molar-refractivity contribution in [3.63, 3.8) is 0 Å². The maximum atomic E-state index is 11.9. The summed E-state index contributed by atoms with van der Waals surface area (Å²) in [4.78, 5) is 16.0. The second kappa shape index (κ2) is 6.33. The number of rotatable bonds is 2. The fraction of sp³-hybridized carbons (Fsp3) is 0.0833. The first-order valence-electron chi connectivity index (χ1n) is 5.61. The molecule has 0 amide bonds. The van der Waals surface area contributed by atoms with E-state index >= 15 is 0 Å². The molecule has 0 atom stereocenters. The van der Waals surface area contributed by atoms with Crippen LogP contribution in [-0.4, -0.2) is 19.4 Å². The van der Waals surface area contributed by atoms with Crippen molar-refractivity contribution in [2.75, 3.05) is 5.84 Å². The predicted octanol–water partition coefficient (Wildman–Crippen LogP) is -2.74. The van der Waals surface area contributed by atoms with Gasteiger partial charge in [-0.3, -0.25) is 4.79 Å². The van der Waals surface area contributed by atoms with Gasteiger partial charge in [0, 0.05) is 5.16 Å². The minimum atomic E-state index is -0.380. The number of hydrogen-bond donors (Lipinski definition) is 1. The quantitative estimate of drug-likeness (QED) is 0.240. The Morgan fingerprint density at radius 1 is 1.25 bits per heavy atom. The Labute approximate surface area is 162 Å². The Balaban J connectivity index is 0.00000147. The minimum absolute atomic E-state index is 0. The first-order valence-corrected chi connectivity index (χ1v) is 6.02. The van der Waals surface area contributed by atoms with Crippen LogP contribution in [0.15, 0.2) is 46.5 Å². The number of nitrogens with two attached hydrogens (primary N) is 1. The molecule has 2 heterocycles. The zero-order chi connectivity index (χ0) is 13.4. The number of aromatic nitrogens is 4. The maximum Gasteiger partial charge on any atom is 1.00 e. The van der Waals surface area contributed by atoms with Crippen LogP contribution in [0.3, 0.4) is 0 Å². The van der Waals surface area contributed by atoms with E-state index < -0.39 is 0 Å². The summed E-state index contributed by atoms with van der Waals surface area (Å²) in [5.41, 5.74) is 1.15. The number of nitrogen functional groups attached to an aromatic ring is 1. The van der Waals surface area contributed by atoms with Crippen molar-refractivity contribution in [3.8, 4) is 0 Å². The van der Waals surface area contributed by atoms with Crippen molar-refractivity contribution in [2.24, 2.45) is 0 Å². The number of nitrogens with zero attached hydrogens (tertiary/aromatic N) is 4. The molecule has 0 unspecified atom stereocenters. The van der Waals surface area contributed by atoms with Gasteiger partial charge in [-0.15, -0.1) is 0 Å². The summed E-state index contributed by atoms with van der Waals surface area (Å²) in [6.07, 6.45) is 1.46. The molecular weight excluding hydrogens is 301 g/mol. The molecule has 2 aromatic heterocycles. The van der Waals surface area contributed by atoms with E-state index in [4.69, 9.17) is 18.5 Å². The molecule has 8 heteroatoms. The Bertz CT molecular complexity index is 799. The summed E-state index contributed by atoms with van der Waals surface area (Å²) in [5.74, 6) is 5.51. The first-order chi connectivity index (χ1) is 9.16. The second-order valence-corrected chi connectivity index (χ2v) is 4.46. The van der Waals surface area contributed by atoms with Crippen LogP contribution in [-0.2, 0) is 19.2 Å². The molecule has 0 aliphatic rings. The molecule has 0 bridgehead atoms. The maximum absolute atomic E-state index is 11.9. The minimum Gasteiger partial charge on any atom is -0.740 e. The van der Waals surface area contributed by atoms with E-state index in [1.165, 1.54) is 6.20 Å². The molecule has 96 valence electrons. The molecule has 1 aromatic carbocycles. The molecule has 3 aromatic rings. The van der Waals surface area contributed by atoms with Crippen LogP contribution >= 0.6 is 0 Å². The summed E-state index contributed by atoms with van der Waals surface area (Å²) in [6.45, 7) is 0.528. The monoisotopic (exact) mass is 311 g/mol. The molecule has 0 aliphatic carbocycles. The van der Waals surface area contributed by atoms with Crippen molar-refractivity contribution in [1.82, 2.24) is 19.4 Å². The van der Waals surface area contributed by atoms with E-state index in [1.807, 2.05) is 30.3 Å². The fourth-order valence-corrected chi connectivity index (χ4v) is 2.05. The molecule has 6 nitrogen and oxygen atoms in total. The average molecular weight is 311 g/mol. The average Bonchev–Trinajstić information content (AvgIpc) is 2.81. The number of hydrogen-bond acceptors (Lipinski definition) is 5. The SMILES string of the molecule is Nn1c([S-])nc2c(cnn2Cc2ccccc2)c1=O.[K+]. The fourth-order valence-electron chi connectivity index (χ4n) is 1.88. The Hall–Kier alpha value is -0.774. The van der Waals surface area contributed by atoms with Crippen LogP contribution < -0.4 is 62.8 Å². The van der Waals surface area contributed by atoms with Crippen molar-refractivity contribution in [1.29, 1.82) is 0 Å². The van der Waals surface area contributed by atoms with Gasteiger partial charge in [0.15, 0.2) is 5.65 Å². The molecule has 0 saturated carbocycles. The van der Waals surface area contributed by atoms with Gasteiger partial charge in [-0.05, 0) is 5.56 Å². The molecule has 2 N–H and O–H groups in total. The molecule has 0 radical (unpaired) electrons. The van der Waals surface area contributed by atoms with Crippen LogP contribution in [0.4, 0.5) is 0 Å². The Kier molecular flexibility index (Phi) is 4.94. The van der Waals surface area contributed by atoms with Gasteiger partial charge in [-0.25, -0.2) is 14.3 Å². The van der Waals surface area contributed by atoms with Crippen molar-refractivity contribution in [3.05, 3.63) is 52.4 Å². The Morgan fingerprint density at radius 2 is 1.95 bits per heavy atom. The number of benzene rings is 1. The number of fused-ring (bicyclic) bond motifs is 1. The zero-order valence-corrected chi connectivity index (χ0v) is 14.8. The van der Waals surface area contributed by atoms with Crippen molar-refractivity contribution >= 4 is 23.7 Å². The smallest absolute Gasteiger partial charge is 0.740 e. The van der Waals surface area contributed by atoms with Gasteiger partial charge in [0.2, 0.25) is 0 Å². The van der Waals surface area contributed by atoms with E-state index in [2.05, 4.69) is 10.1 Å². The van der Waals surface area contributed by atoms with Crippen LogP contribution in [0.2, 0.25) is 0 Å². The summed E-state index contributed by atoms with van der Waals surface area (Å²) in [6, 6.07) is 9.79. The zero-order valence-electron chi connectivity index (χ0n) is 10.9.